The van der Waals surface area contributed by atoms with Gasteiger partial charge in [0.1, 0.15) is 5.75 Å². The number of benzene rings is 2. The third-order valence-corrected chi connectivity index (χ3v) is 4.77. The second-order valence-corrected chi connectivity index (χ2v) is 7.59. The van der Waals surface area contributed by atoms with Crippen molar-refractivity contribution in [2.75, 3.05) is 6.61 Å². The van der Waals surface area contributed by atoms with E-state index < -0.39 is 0 Å². The highest BCUT2D eigenvalue weighted by Crippen LogP contribution is 2.27. The molecule has 0 aliphatic heterocycles. The van der Waals surface area contributed by atoms with Gasteiger partial charge in [0.2, 0.25) is 5.91 Å². The molecule has 2 rings (SSSR count). The number of ether oxygens (including phenoxy) is 1. The van der Waals surface area contributed by atoms with E-state index in [9.17, 15) is 4.79 Å². The van der Waals surface area contributed by atoms with Crippen molar-refractivity contribution in [1.29, 1.82) is 0 Å². The number of nitrogens with one attached hydrogen (secondary N) is 2. The number of amides is 1. The lowest BCUT2D eigenvalue weighted by atomic mass is 10.2. The van der Waals surface area contributed by atoms with Gasteiger partial charge < -0.3 is 15.4 Å². The minimum atomic E-state index is -0.208. The van der Waals surface area contributed by atoms with Crippen LogP contribution in [0.1, 0.15) is 18.4 Å². The van der Waals surface area contributed by atoms with Crippen LogP contribution in [0, 0.1) is 0 Å². The minimum Gasteiger partial charge on any atom is -0.492 e. The molecule has 0 aliphatic rings. The SMILES string of the molecule is O=C(CCCOc1ccc(Cl)cc1Cl)NC(=S)NCc1ccc(Cl)cc1Cl. The average molecular weight is 466 g/mol. The zero-order valence-corrected chi connectivity index (χ0v) is 17.9. The minimum absolute atomic E-state index is 0.208. The van der Waals surface area contributed by atoms with Gasteiger partial charge in [-0.2, -0.15) is 0 Å². The van der Waals surface area contributed by atoms with Crippen molar-refractivity contribution in [2.45, 2.75) is 19.4 Å². The second-order valence-electron chi connectivity index (χ2n) is 5.49. The molecule has 0 aliphatic carbocycles. The fraction of sp³-hybridized carbons (Fsp3) is 0.222. The lowest BCUT2D eigenvalue weighted by Gasteiger charge is -2.11. The maximum atomic E-state index is 11.9. The van der Waals surface area contributed by atoms with E-state index in [-0.39, 0.29) is 17.4 Å². The van der Waals surface area contributed by atoms with Crippen molar-refractivity contribution in [1.82, 2.24) is 10.6 Å². The van der Waals surface area contributed by atoms with E-state index in [1.807, 2.05) is 0 Å². The van der Waals surface area contributed by atoms with Crippen LogP contribution in [0.4, 0.5) is 0 Å². The Morgan fingerprint density at radius 3 is 2.33 bits per heavy atom. The van der Waals surface area contributed by atoms with Crippen LogP contribution >= 0.6 is 58.6 Å². The molecule has 1 amide bonds. The zero-order chi connectivity index (χ0) is 19.8. The first-order chi connectivity index (χ1) is 12.8. The molecule has 27 heavy (non-hydrogen) atoms. The normalized spacial score (nSPS) is 10.4. The molecule has 0 bridgehead atoms. The van der Waals surface area contributed by atoms with Gasteiger partial charge in [-0.25, -0.2) is 0 Å². The predicted molar refractivity (Wildman–Crippen MR) is 115 cm³/mol. The average Bonchev–Trinajstić information content (AvgIpc) is 2.59. The molecule has 4 nitrogen and oxygen atoms in total. The van der Waals surface area contributed by atoms with Crippen LogP contribution < -0.4 is 15.4 Å². The van der Waals surface area contributed by atoms with E-state index in [1.165, 1.54) is 0 Å². The first-order valence-corrected chi connectivity index (χ1v) is 9.86. The van der Waals surface area contributed by atoms with E-state index in [2.05, 4.69) is 10.6 Å². The Kier molecular flexibility index (Phi) is 8.93. The summed E-state index contributed by atoms with van der Waals surface area (Å²) in [5.41, 5.74) is 0.825. The van der Waals surface area contributed by atoms with Crippen molar-refractivity contribution in [3.05, 3.63) is 62.1 Å². The number of hydrogen-bond donors (Lipinski definition) is 2. The molecule has 2 N–H and O–H groups in total. The Morgan fingerprint density at radius 2 is 1.67 bits per heavy atom. The van der Waals surface area contributed by atoms with Gasteiger partial charge in [0, 0.05) is 28.0 Å². The Morgan fingerprint density at radius 1 is 1.00 bits per heavy atom. The summed E-state index contributed by atoms with van der Waals surface area (Å²) in [7, 11) is 0. The molecule has 0 aromatic heterocycles. The highest BCUT2D eigenvalue weighted by atomic mass is 35.5. The number of thiocarbonyl (C=S) groups is 1. The summed E-state index contributed by atoms with van der Waals surface area (Å²) >= 11 is 28.9. The molecule has 0 spiro atoms. The maximum Gasteiger partial charge on any atom is 0.226 e. The Labute approximate surface area is 183 Å². The Balaban J connectivity index is 1.66. The van der Waals surface area contributed by atoms with Crippen LogP contribution in [0.25, 0.3) is 0 Å². The summed E-state index contributed by atoms with van der Waals surface area (Å²) in [6.45, 7) is 0.725. The quantitative estimate of drug-likeness (QED) is 0.409. The highest BCUT2D eigenvalue weighted by molar-refractivity contribution is 7.80. The molecular weight excluding hydrogens is 450 g/mol. The van der Waals surface area contributed by atoms with Gasteiger partial charge in [0.25, 0.3) is 0 Å². The molecule has 0 heterocycles. The van der Waals surface area contributed by atoms with Gasteiger partial charge in [-0.15, -0.1) is 0 Å². The number of rotatable bonds is 7. The van der Waals surface area contributed by atoms with Crippen LogP contribution in [0.5, 0.6) is 5.75 Å². The van der Waals surface area contributed by atoms with E-state index in [0.717, 1.165) is 5.56 Å². The number of carbonyl (C=O) groups excluding carboxylic acids is 1. The van der Waals surface area contributed by atoms with E-state index in [4.69, 9.17) is 63.4 Å². The largest absolute Gasteiger partial charge is 0.492 e. The summed E-state index contributed by atoms with van der Waals surface area (Å²) in [5.74, 6) is 0.319. The molecular formula is C18H16Cl4N2O2S. The van der Waals surface area contributed by atoms with Crippen LogP contribution in [0.3, 0.4) is 0 Å². The lowest BCUT2D eigenvalue weighted by molar-refractivity contribution is -0.119. The van der Waals surface area contributed by atoms with Gasteiger partial charge in [-0.05, 0) is 54.5 Å². The van der Waals surface area contributed by atoms with E-state index >= 15 is 0 Å². The molecule has 0 saturated heterocycles. The molecule has 9 heteroatoms. The van der Waals surface area contributed by atoms with Crippen LogP contribution in [-0.4, -0.2) is 17.6 Å². The Hall–Kier alpha value is -1.24. The van der Waals surface area contributed by atoms with Crippen molar-refractivity contribution in [2.24, 2.45) is 0 Å². The first kappa shape index (κ1) is 22.1. The van der Waals surface area contributed by atoms with Gasteiger partial charge in [0.15, 0.2) is 5.11 Å². The number of carbonyl (C=O) groups is 1. The van der Waals surface area contributed by atoms with Crippen molar-refractivity contribution in [3.8, 4) is 5.75 Å². The summed E-state index contributed by atoms with van der Waals surface area (Å²) in [4.78, 5) is 11.9. The second kappa shape index (κ2) is 10.9. The summed E-state index contributed by atoms with van der Waals surface area (Å²) < 4.78 is 5.53. The van der Waals surface area contributed by atoms with Gasteiger partial charge in [-0.1, -0.05) is 52.5 Å². The lowest BCUT2D eigenvalue weighted by Crippen LogP contribution is -2.38. The van der Waals surface area contributed by atoms with Crippen LogP contribution in [-0.2, 0) is 11.3 Å². The van der Waals surface area contributed by atoms with Crippen LogP contribution in [0.2, 0.25) is 20.1 Å². The van der Waals surface area contributed by atoms with Gasteiger partial charge in [0.05, 0.1) is 11.6 Å². The summed E-state index contributed by atoms with van der Waals surface area (Å²) in [6.07, 6.45) is 0.769. The van der Waals surface area contributed by atoms with E-state index in [0.29, 0.717) is 45.4 Å². The maximum absolute atomic E-state index is 11.9. The van der Waals surface area contributed by atoms with Crippen molar-refractivity contribution < 1.29 is 9.53 Å². The molecule has 0 atom stereocenters. The smallest absolute Gasteiger partial charge is 0.226 e. The molecule has 0 fully saturated rings. The molecule has 0 unspecified atom stereocenters. The summed E-state index contributed by atoms with van der Waals surface area (Å²) in [6, 6.07) is 10.1. The third kappa shape index (κ3) is 7.72. The number of hydrogen-bond acceptors (Lipinski definition) is 3. The standard InChI is InChI=1S/C18H16Cl4N2O2S/c19-12-4-3-11(14(21)8-12)10-23-18(27)24-17(25)2-1-7-26-16-6-5-13(20)9-15(16)22/h3-6,8-9H,1-2,7,10H2,(H2,23,24,25,27). The number of halogens is 4. The third-order valence-electron chi connectivity index (χ3n) is 3.41. The molecule has 0 radical (unpaired) electrons. The van der Waals surface area contributed by atoms with Gasteiger partial charge >= 0.3 is 0 Å². The first-order valence-electron chi connectivity index (χ1n) is 7.94. The predicted octanol–water partition coefficient (Wildman–Crippen LogP) is 5.65. The topological polar surface area (TPSA) is 50.4 Å². The molecule has 0 saturated carbocycles. The van der Waals surface area contributed by atoms with Crippen molar-refractivity contribution in [3.63, 3.8) is 0 Å². The molecule has 144 valence electrons. The van der Waals surface area contributed by atoms with Crippen molar-refractivity contribution >= 4 is 69.6 Å². The van der Waals surface area contributed by atoms with Gasteiger partial charge in [-0.3, -0.25) is 4.79 Å². The van der Waals surface area contributed by atoms with E-state index in [1.54, 1.807) is 36.4 Å². The fourth-order valence-corrected chi connectivity index (χ4v) is 3.21. The summed E-state index contributed by atoms with van der Waals surface area (Å²) in [5, 5.41) is 7.82. The monoisotopic (exact) mass is 464 g/mol. The molecule has 2 aromatic rings. The Bertz CT molecular complexity index is 833. The zero-order valence-electron chi connectivity index (χ0n) is 14.0. The molecule has 2 aromatic carbocycles. The van der Waals surface area contributed by atoms with Crippen LogP contribution in [0.15, 0.2) is 36.4 Å². The highest BCUT2D eigenvalue weighted by Gasteiger charge is 2.07. The fourth-order valence-electron chi connectivity index (χ4n) is 2.08.